The summed E-state index contributed by atoms with van der Waals surface area (Å²) in [5, 5.41) is 2.23. The van der Waals surface area contributed by atoms with Gasteiger partial charge in [0.25, 0.3) is 0 Å². The summed E-state index contributed by atoms with van der Waals surface area (Å²) < 4.78 is 8.84. The van der Waals surface area contributed by atoms with E-state index in [1.807, 2.05) is 24.3 Å². The minimum atomic E-state index is 0.872. The summed E-state index contributed by atoms with van der Waals surface area (Å²) in [5.41, 5.74) is 1.76. The van der Waals surface area contributed by atoms with E-state index < -0.39 is 0 Å². The second-order valence-corrected chi connectivity index (χ2v) is 5.95. The van der Waals surface area contributed by atoms with Gasteiger partial charge in [-0.2, -0.15) is 0 Å². The lowest BCUT2D eigenvalue weighted by Crippen LogP contribution is -1.71. The number of halogens is 3. The smallest absolute Gasteiger partial charge is 0.150 e. The molecule has 0 N–H and O–H groups in total. The largest absolute Gasteiger partial charge is 0.455 e. The van der Waals surface area contributed by atoms with Crippen molar-refractivity contribution in [3.63, 3.8) is 0 Å². The Morgan fingerprint density at radius 1 is 0.875 bits per heavy atom. The monoisotopic (exact) mass is 402 g/mol. The number of furan rings is 1. The van der Waals surface area contributed by atoms with Gasteiger partial charge >= 0.3 is 0 Å². The first kappa shape index (κ1) is 10.8. The molecule has 1 aromatic heterocycles. The minimum Gasteiger partial charge on any atom is -0.455 e. The summed E-state index contributed by atoms with van der Waals surface area (Å²) in [5.74, 6) is 0. The van der Waals surface area contributed by atoms with Crippen LogP contribution < -0.4 is 0 Å². The zero-order valence-corrected chi connectivity index (χ0v) is 12.7. The molecule has 0 saturated heterocycles. The molecule has 0 bridgehead atoms. The molecule has 0 amide bonds. The van der Waals surface area contributed by atoms with Gasteiger partial charge in [0.15, 0.2) is 5.58 Å². The number of hydrogen-bond donors (Lipinski definition) is 0. The zero-order chi connectivity index (χ0) is 11.3. The van der Waals surface area contributed by atoms with Crippen LogP contribution in [0.1, 0.15) is 0 Å². The second-order valence-electron chi connectivity index (χ2n) is 3.45. The Hall–Kier alpha value is -0.320. The lowest BCUT2D eigenvalue weighted by atomic mass is 10.1. The van der Waals surface area contributed by atoms with Gasteiger partial charge in [0, 0.05) is 19.7 Å². The van der Waals surface area contributed by atoms with Crippen molar-refractivity contribution in [3.05, 3.63) is 43.7 Å². The summed E-state index contributed by atoms with van der Waals surface area (Å²) in [6, 6.07) is 10.0. The molecule has 1 heterocycles. The fourth-order valence-corrected chi connectivity index (χ4v) is 3.09. The number of benzene rings is 2. The first-order valence-corrected chi connectivity index (χ1v) is 7.01. The van der Waals surface area contributed by atoms with E-state index in [2.05, 4.69) is 53.9 Å². The van der Waals surface area contributed by atoms with Crippen LogP contribution in [-0.4, -0.2) is 0 Å². The molecule has 0 saturated carbocycles. The highest BCUT2D eigenvalue weighted by Crippen LogP contribution is 2.39. The Labute approximate surface area is 117 Å². The summed E-state index contributed by atoms with van der Waals surface area (Å²) in [6.45, 7) is 0. The van der Waals surface area contributed by atoms with Crippen molar-refractivity contribution >= 4 is 69.7 Å². The van der Waals surface area contributed by atoms with E-state index in [1.54, 1.807) is 0 Å². The van der Waals surface area contributed by atoms with Crippen molar-refractivity contribution in [1.82, 2.24) is 0 Å². The molecule has 0 aliphatic rings. The van der Waals surface area contributed by atoms with Crippen LogP contribution in [0, 0.1) is 0 Å². The molecule has 3 aromatic rings. The van der Waals surface area contributed by atoms with E-state index in [4.69, 9.17) is 4.42 Å². The van der Waals surface area contributed by atoms with Gasteiger partial charge in [0.2, 0.25) is 0 Å². The lowest BCUT2D eigenvalue weighted by Gasteiger charge is -1.96. The van der Waals surface area contributed by atoms with Gasteiger partial charge in [-0.3, -0.25) is 0 Å². The molecular formula is C12H5Br3O. The van der Waals surface area contributed by atoms with Gasteiger partial charge < -0.3 is 4.42 Å². The van der Waals surface area contributed by atoms with Crippen molar-refractivity contribution in [3.8, 4) is 0 Å². The van der Waals surface area contributed by atoms with Crippen LogP contribution in [0.25, 0.3) is 21.9 Å². The van der Waals surface area contributed by atoms with Gasteiger partial charge in [0.05, 0.1) is 4.47 Å². The molecule has 0 spiro atoms. The minimum absolute atomic E-state index is 0.872. The topological polar surface area (TPSA) is 13.1 Å². The Kier molecular flexibility index (Phi) is 2.61. The predicted molar refractivity (Wildman–Crippen MR) is 76.8 cm³/mol. The fourth-order valence-electron chi connectivity index (χ4n) is 1.79. The highest BCUT2D eigenvalue weighted by Gasteiger charge is 2.13. The van der Waals surface area contributed by atoms with E-state index >= 15 is 0 Å². The third-order valence-corrected chi connectivity index (χ3v) is 5.15. The highest BCUT2D eigenvalue weighted by molar-refractivity contribution is 9.13. The molecule has 3 rings (SSSR count). The first-order chi connectivity index (χ1) is 7.68. The van der Waals surface area contributed by atoms with Crippen LogP contribution in [0.5, 0.6) is 0 Å². The standard InChI is InChI=1S/C12H5Br3O/c13-7-2-1-3-9-10(7)6-4-5-8(14)11(15)12(6)16-9/h1-5H. The molecule has 16 heavy (non-hydrogen) atoms. The van der Waals surface area contributed by atoms with Gasteiger partial charge in [-0.15, -0.1) is 0 Å². The van der Waals surface area contributed by atoms with Gasteiger partial charge in [0.1, 0.15) is 5.58 Å². The van der Waals surface area contributed by atoms with E-state index in [9.17, 15) is 0 Å². The summed E-state index contributed by atoms with van der Waals surface area (Å²) >= 11 is 10.6. The molecule has 4 heteroatoms. The Morgan fingerprint density at radius 2 is 1.69 bits per heavy atom. The SMILES string of the molecule is Brc1ccc2c(oc3cccc(Br)c32)c1Br. The predicted octanol–water partition coefficient (Wildman–Crippen LogP) is 5.87. The van der Waals surface area contributed by atoms with Crippen LogP contribution in [0.15, 0.2) is 48.2 Å². The maximum Gasteiger partial charge on any atom is 0.150 e. The van der Waals surface area contributed by atoms with E-state index in [0.717, 1.165) is 35.4 Å². The number of rotatable bonds is 0. The fraction of sp³-hybridized carbons (Fsp3) is 0. The Balaban J connectivity index is 2.62. The van der Waals surface area contributed by atoms with Crippen LogP contribution >= 0.6 is 47.8 Å². The van der Waals surface area contributed by atoms with Crippen LogP contribution in [0.2, 0.25) is 0 Å². The van der Waals surface area contributed by atoms with Crippen LogP contribution in [-0.2, 0) is 0 Å². The Morgan fingerprint density at radius 3 is 2.50 bits per heavy atom. The molecular weight excluding hydrogens is 400 g/mol. The average molecular weight is 405 g/mol. The van der Waals surface area contributed by atoms with Gasteiger partial charge in [-0.25, -0.2) is 0 Å². The number of fused-ring (bicyclic) bond motifs is 3. The first-order valence-electron chi connectivity index (χ1n) is 4.63. The molecule has 0 unspecified atom stereocenters. The summed E-state index contributed by atoms with van der Waals surface area (Å²) in [4.78, 5) is 0. The molecule has 1 nitrogen and oxygen atoms in total. The molecule has 80 valence electrons. The van der Waals surface area contributed by atoms with Crippen molar-refractivity contribution in [1.29, 1.82) is 0 Å². The molecule has 2 aromatic carbocycles. The molecule has 0 radical (unpaired) electrons. The van der Waals surface area contributed by atoms with Crippen molar-refractivity contribution in [2.24, 2.45) is 0 Å². The summed E-state index contributed by atoms with van der Waals surface area (Å²) in [6.07, 6.45) is 0. The molecule has 0 aliphatic heterocycles. The molecule has 0 atom stereocenters. The van der Waals surface area contributed by atoms with E-state index in [-0.39, 0.29) is 0 Å². The second kappa shape index (κ2) is 3.86. The third-order valence-electron chi connectivity index (χ3n) is 2.51. The Bertz CT molecular complexity index is 700. The average Bonchev–Trinajstić information content (AvgIpc) is 2.64. The van der Waals surface area contributed by atoms with Gasteiger partial charge in [-0.05, 0) is 56.1 Å². The molecule has 0 fully saturated rings. The van der Waals surface area contributed by atoms with Gasteiger partial charge in [-0.1, -0.05) is 22.0 Å². The quantitative estimate of drug-likeness (QED) is 0.456. The highest BCUT2D eigenvalue weighted by atomic mass is 79.9. The molecule has 0 aliphatic carbocycles. The van der Waals surface area contributed by atoms with E-state index in [0.29, 0.717) is 0 Å². The lowest BCUT2D eigenvalue weighted by molar-refractivity contribution is 0.666. The third kappa shape index (κ3) is 1.47. The summed E-state index contributed by atoms with van der Waals surface area (Å²) in [7, 11) is 0. The maximum atomic E-state index is 5.84. The van der Waals surface area contributed by atoms with E-state index in [1.165, 1.54) is 0 Å². The van der Waals surface area contributed by atoms with Crippen LogP contribution in [0.4, 0.5) is 0 Å². The number of hydrogen-bond acceptors (Lipinski definition) is 1. The van der Waals surface area contributed by atoms with Crippen molar-refractivity contribution in [2.45, 2.75) is 0 Å². The van der Waals surface area contributed by atoms with Crippen LogP contribution in [0.3, 0.4) is 0 Å². The normalized spacial score (nSPS) is 11.4. The maximum absolute atomic E-state index is 5.84. The van der Waals surface area contributed by atoms with Crippen molar-refractivity contribution in [2.75, 3.05) is 0 Å². The zero-order valence-electron chi connectivity index (χ0n) is 7.93. The van der Waals surface area contributed by atoms with Crippen molar-refractivity contribution < 1.29 is 4.42 Å².